The Kier molecular flexibility index (Phi) is 3.65. The van der Waals surface area contributed by atoms with Crippen LogP contribution in [0.2, 0.25) is 0 Å². The van der Waals surface area contributed by atoms with Crippen molar-refractivity contribution in [3.8, 4) is 0 Å². The van der Waals surface area contributed by atoms with E-state index in [1.165, 1.54) is 4.90 Å². The van der Waals surface area contributed by atoms with Crippen LogP contribution in [0.3, 0.4) is 0 Å². The first-order valence-corrected chi connectivity index (χ1v) is 7.88. The zero-order chi connectivity index (χ0) is 14.2. The number of rotatable bonds is 3. The van der Waals surface area contributed by atoms with Gasteiger partial charge < -0.3 is 4.74 Å². The summed E-state index contributed by atoms with van der Waals surface area (Å²) in [5.74, 6) is -0.338. The van der Waals surface area contributed by atoms with Crippen LogP contribution in [-0.4, -0.2) is 41.8 Å². The minimum absolute atomic E-state index is 0.0639. The highest BCUT2D eigenvalue weighted by atomic mass is 79.9. The van der Waals surface area contributed by atoms with Crippen LogP contribution in [0.5, 0.6) is 0 Å². The number of hydrogen-bond donors (Lipinski definition) is 0. The van der Waals surface area contributed by atoms with E-state index in [1.807, 2.05) is 0 Å². The van der Waals surface area contributed by atoms with Gasteiger partial charge in [-0.15, -0.1) is 0 Å². The third-order valence-electron chi connectivity index (χ3n) is 4.21. The molecule has 1 aromatic carbocycles. The Labute approximate surface area is 126 Å². The maximum atomic E-state index is 12.4. The van der Waals surface area contributed by atoms with Gasteiger partial charge in [-0.3, -0.25) is 14.5 Å². The Morgan fingerprint density at radius 1 is 1.10 bits per heavy atom. The summed E-state index contributed by atoms with van der Waals surface area (Å²) < 4.78 is 5.40. The number of halogens is 1. The van der Waals surface area contributed by atoms with E-state index in [-0.39, 0.29) is 17.2 Å². The molecule has 2 aliphatic rings. The second-order valence-electron chi connectivity index (χ2n) is 5.49. The molecule has 4 nitrogen and oxygen atoms in total. The molecule has 3 rings (SSSR count). The van der Waals surface area contributed by atoms with Gasteiger partial charge in [0.2, 0.25) is 0 Å². The van der Waals surface area contributed by atoms with Gasteiger partial charge in [0.1, 0.15) is 0 Å². The monoisotopic (exact) mass is 337 g/mol. The number of benzene rings is 1. The highest BCUT2D eigenvalue weighted by Gasteiger charge is 2.41. The molecule has 0 N–H and O–H groups in total. The van der Waals surface area contributed by atoms with E-state index in [1.54, 1.807) is 24.3 Å². The Morgan fingerprint density at radius 3 is 2.15 bits per heavy atom. The second kappa shape index (κ2) is 5.30. The number of carbonyl (C=O) groups is 2. The van der Waals surface area contributed by atoms with E-state index in [9.17, 15) is 9.59 Å². The maximum absolute atomic E-state index is 12.4. The van der Waals surface area contributed by atoms with Crippen LogP contribution >= 0.6 is 15.9 Å². The molecule has 2 heterocycles. The van der Waals surface area contributed by atoms with Crippen molar-refractivity contribution < 1.29 is 14.3 Å². The lowest BCUT2D eigenvalue weighted by Crippen LogP contribution is -2.45. The zero-order valence-corrected chi connectivity index (χ0v) is 12.7. The smallest absolute Gasteiger partial charge is 0.261 e. The van der Waals surface area contributed by atoms with Crippen molar-refractivity contribution in [2.75, 3.05) is 25.1 Å². The summed E-state index contributed by atoms with van der Waals surface area (Å²) >= 11 is 3.55. The first kappa shape index (κ1) is 13.8. The highest BCUT2D eigenvalue weighted by molar-refractivity contribution is 9.09. The topological polar surface area (TPSA) is 46.6 Å². The van der Waals surface area contributed by atoms with Crippen molar-refractivity contribution in [2.45, 2.75) is 12.8 Å². The minimum atomic E-state index is -0.169. The lowest BCUT2D eigenvalue weighted by molar-refractivity contribution is 0.0103. The van der Waals surface area contributed by atoms with Crippen LogP contribution < -0.4 is 0 Å². The van der Waals surface area contributed by atoms with Crippen LogP contribution in [0, 0.1) is 5.41 Å². The summed E-state index contributed by atoms with van der Waals surface area (Å²) in [6, 6.07) is 7.03. The Bertz CT molecular complexity index is 517. The Morgan fingerprint density at radius 2 is 1.65 bits per heavy atom. The summed E-state index contributed by atoms with van der Waals surface area (Å²) in [4.78, 5) is 26.2. The van der Waals surface area contributed by atoms with E-state index in [0.29, 0.717) is 30.9 Å². The molecule has 0 aromatic heterocycles. The minimum Gasteiger partial charge on any atom is -0.381 e. The molecule has 5 heteroatoms. The normalized spacial score (nSPS) is 21.1. The van der Waals surface area contributed by atoms with Gasteiger partial charge in [-0.05, 0) is 25.0 Å². The van der Waals surface area contributed by atoms with Crippen LogP contribution in [0.25, 0.3) is 0 Å². The van der Waals surface area contributed by atoms with Crippen LogP contribution in [0.1, 0.15) is 33.6 Å². The summed E-state index contributed by atoms with van der Waals surface area (Å²) in [6.45, 7) is 1.84. The lowest BCUT2D eigenvalue weighted by Gasteiger charge is -2.37. The predicted octanol–water partition coefficient (Wildman–Crippen LogP) is 2.47. The van der Waals surface area contributed by atoms with Crippen molar-refractivity contribution in [2.24, 2.45) is 5.41 Å². The SMILES string of the molecule is O=C1c2ccccc2C(=O)N1CC1(CBr)CCOCC1. The third-order valence-corrected chi connectivity index (χ3v) is 5.40. The van der Waals surface area contributed by atoms with Crippen molar-refractivity contribution in [1.82, 2.24) is 4.90 Å². The number of nitrogens with zero attached hydrogens (tertiary/aromatic N) is 1. The number of ether oxygens (including phenoxy) is 1. The van der Waals surface area contributed by atoms with Gasteiger partial charge in [0, 0.05) is 30.5 Å². The fraction of sp³-hybridized carbons (Fsp3) is 0.467. The number of hydrogen-bond acceptors (Lipinski definition) is 3. The van der Waals surface area contributed by atoms with Crippen LogP contribution in [0.4, 0.5) is 0 Å². The van der Waals surface area contributed by atoms with Gasteiger partial charge in [-0.2, -0.15) is 0 Å². The molecule has 0 radical (unpaired) electrons. The van der Waals surface area contributed by atoms with E-state index >= 15 is 0 Å². The van der Waals surface area contributed by atoms with Gasteiger partial charge in [-0.1, -0.05) is 28.1 Å². The summed E-state index contributed by atoms with van der Waals surface area (Å²) in [5.41, 5.74) is 0.981. The summed E-state index contributed by atoms with van der Waals surface area (Å²) in [5, 5.41) is 0.775. The molecule has 0 spiro atoms. The molecule has 20 heavy (non-hydrogen) atoms. The van der Waals surface area contributed by atoms with Gasteiger partial charge in [-0.25, -0.2) is 0 Å². The number of amides is 2. The zero-order valence-electron chi connectivity index (χ0n) is 11.1. The van der Waals surface area contributed by atoms with Crippen molar-refractivity contribution >= 4 is 27.7 Å². The average molecular weight is 338 g/mol. The molecular formula is C15H16BrNO3. The van der Waals surface area contributed by atoms with E-state index in [4.69, 9.17) is 4.74 Å². The van der Waals surface area contributed by atoms with Crippen molar-refractivity contribution in [3.05, 3.63) is 35.4 Å². The van der Waals surface area contributed by atoms with Gasteiger partial charge >= 0.3 is 0 Å². The first-order chi connectivity index (χ1) is 9.67. The quantitative estimate of drug-likeness (QED) is 0.628. The van der Waals surface area contributed by atoms with E-state index in [0.717, 1.165) is 18.2 Å². The Hall–Kier alpha value is -1.20. The number of imide groups is 1. The Balaban J connectivity index is 1.85. The van der Waals surface area contributed by atoms with Gasteiger partial charge in [0.25, 0.3) is 11.8 Å². The van der Waals surface area contributed by atoms with E-state index in [2.05, 4.69) is 15.9 Å². The molecule has 0 atom stereocenters. The molecular weight excluding hydrogens is 322 g/mol. The van der Waals surface area contributed by atoms with Gasteiger partial charge in [0.15, 0.2) is 0 Å². The van der Waals surface area contributed by atoms with Gasteiger partial charge in [0.05, 0.1) is 11.1 Å². The molecule has 2 amide bonds. The predicted molar refractivity (Wildman–Crippen MR) is 78.1 cm³/mol. The van der Waals surface area contributed by atoms with Crippen LogP contribution in [-0.2, 0) is 4.74 Å². The molecule has 1 saturated heterocycles. The van der Waals surface area contributed by atoms with Crippen LogP contribution in [0.15, 0.2) is 24.3 Å². The first-order valence-electron chi connectivity index (χ1n) is 6.76. The second-order valence-corrected chi connectivity index (χ2v) is 6.05. The summed E-state index contributed by atoms with van der Waals surface area (Å²) in [7, 11) is 0. The highest BCUT2D eigenvalue weighted by Crippen LogP contribution is 2.36. The number of alkyl halides is 1. The maximum Gasteiger partial charge on any atom is 0.261 e. The van der Waals surface area contributed by atoms with Crippen molar-refractivity contribution in [1.29, 1.82) is 0 Å². The third kappa shape index (κ3) is 2.19. The van der Waals surface area contributed by atoms with Crippen molar-refractivity contribution in [3.63, 3.8) is 0 Å². The average Bonchev–Trinajstić information content (AvgIpc) is 2.74. The molecule has 0 bridgehead atoms. The molecule has 1 fully saturated rings. The molecule has 106 valence electrons. The lowest BCUT2D eigenvalue weighted by atomic mass is 9.82. The fourth-order valence-electron chi connectivity index (χ4n) is 2.86. The standard InChI is InChI=1S/C15H16BrNO3/c16-9-15(5-7-20-8-6-15)10-17-13(18)11-3-1-2-4-12(11)14(17)19/h1-4H,5-10H2. The molecule has 2 aliphatic heterocycles. The van der Waals surface area contributed by atoms with E-state index < -0.39 is 0 Å². The number of carbonyl (C=O) groups excluding carboxylic acids is 2. The molecule has 0 unspecified atom stereocenters. The molecule has 1 aromatic rings. The molecule has 0 saturated carbocycles. The number of fused-ring (bicyclic) bond motifs is 1. The summed E-state index contributed by atoms with van der Waals surface area (Å²) in [6.07, 6.45) is 1.73. The largest absolute Gasteiger partial charge is 0.381 e. The fourth-order valence-corrected chi connectivity index (χ4v) is 3.59. The molecule has 0 aliphatic carbocycles.